The van der Waals surface area contributed by atoms with E-state index >= 15 is 0 Å². The topological polar surface area (TPSA) is 72.8 Å². The van der Waals surface area contributed by atoms with Crippen molar-refractivity contribution in [2.24, 2.45) is 0 Å². The van der Waals surface area contributed by atoms with Crippen LogP contribution in [0.2, 0.25) is 0 Å². The minimum atomic E-state index is -2.14. The van der Waals surface area contributed by atoms with Crippen molar-refractivity contribution in [3.05, 3.63) is 23.8 Å². The molecule has 1 unspecified atom stereocenters. The maximum Gasteiger partial charge on any atom is 0.337 e. The monoisotopic (exact) mass is 230 g/mol. The molecule has 0 bridgehead atoms. The first-order valence-electron chi connectivity index (χ1n) is 3.97. The van der Waals surface area contributed by atoms with Crippen LogP contribution in [0.15, 0.2) is 23.1 Å². The first kappa shape index (κ1) is 11.7. The molecule has 0 aromatic heterocycles. The SMILES string of the molecule is COC(=O)c1ccc(S(=O)O)c(OC)c1. The van der Waals surface area contributed by atoms with Crippen molar-refractivity contribution in [1.29, 1.82) is 0 Å². The van der Waals surface area contributed by atoms with Crippen LogP contribution in [-0.2, 0) is 15.8 Å². The number of benzene rings is 1. The van der Waals surface area contributed by atoms with E-state index in [0.717, 1.165) is 0 Å². The Bertz CT molecular complexity index is 401. The Kier molecular flexibility index (Phi) is 3.81. The summed E-state index contributed by atoms with van der Waals surface area (Å²) in [7, 11) is 2.61. The number of carbonyl (C=O) groups is 1. The number of rotatable bonds is 3. The fourth-order valence-electron chi connectivity index (χ4n) is 1.06. The van der Waals surface area contributed by atoms with Gasteiger partial charge in [-0.3, -0.25) is 0 Å². The minimum absolute atomic E-state index is 0.116. The molecule has 0 fully saturated rings. The molecule has 0 heterocycles. The molecule has 0 aliphatic rings. The molecule has 1 aromatic rings. The van der Waals surface area contributed by atoms with Gasteiger partial charge in [0.15, 0.2) is 11.1 Å². The first-order valence-corrected chi connectivity index (χ1v) is 5.08. The van der Waals surface area contributed by atoms with Crippen LogP contribution in [0.4, 0.5) is 0 Å². The van der Waals surface area contributed by atoms with Crippen molar-refractivity contribution in [3.8, 4) is 5.75 Å². The quantitative estimate of drug-likeness (QED) is 0.621. The highest BCUT2D eigenvalue weighted by molar-refractivity contribution is 7.79. The number of hydrogen-bond acceptors (Lipinski definition) is 4. The molecule has 1 rings (SSSR count). The van der Waals surface area contributed by atoms with E-state index in [1.54, 1.807) is 0 Å². The number of ether oxygens (including phenoxy) is 2. The van der Waals surface area contributed by atoms with Crippen molar-refractivity contribution in [2.45, 2.75) is 4.90 Å². The zero-order valence-electron chi connectivity index (χ0n) is 8.22. The van der Waals surface area contributed by atoms with E-state index in [-0.39, 0.29) is 16.2 Å². The highest BCUT2D eigenvalue weighted by Gasteiger charge is 2.13. The zero-order valence-corrected chi connectivity index (χ0v) is 9.04. The van der Waals surface area contributed by atoms with E-state index in [1.807, 2.05) is 0 Å². The van der Waals surface area contributed by atoms with Gasteiger partial charge < -0.3 is 14.0 Å². The van der Waals surface area contributed by atoms with Gasteiger partial charge in [-0.2, -0.15) is 0 Å². The van der Waals surface area contributed by atoms with Crippen molar-refractivity contribution < 1.29 is 23.0 Å². The van der Waals surface area contributed by atoms with E-state index in [1.165, 1.54) is 32.4 Å². The predicted octanol–water partition coefficient (Wildman–Crippen LogP) is 1.06. The third-order valence-electron chi connectivity index (χ3n) is 1.77. The highest BCUT2D eigenvalue weighted by Crippen LogP contribution is 2.23. The van der Waals surface area contributed by atoms with E-state index in [2.05, 4.69) is 4.74 Å². The summed E-state index contributed by atoms with van der Waals surface area (Å²) in [5.41, 5.74) is 0.267. The van der Waals surface area contributed by atoms with Crippen LogP contribution < -0.4 is 4.74 Å². The molecule has 1 aromatic carbocycles. The molecule has 0 aliphatic carbocycles. The van der Waals surface area contributed by atoms with Crippen molar-refractivity contribution >= 4 is 17.0 Å². The summed E-state index contributed by atoms with van der Waals surface area (Å²) in [6.45, 7) is 0. The Morgan fingerprint density at radius 1 is 1.40 bits per heavy atom. The second-order valence-corrected chi connectivity index (χ2v) is 3.54. The summed E-state index contributed by atoms with van der Waals surface area (Å²) >= 11 is -2.14. The van der Waals surface area contributed by atoms with Gasteiger partial charge in [-0.05, 0) is 18.2 Å². The molecular weight excluding hydrogens is 220 g/mol. The average Bonchev–Trinajstić information content (AvgIpc) is 2.26. The Morgan fingerprint density at radius 3 is 2.53 bits per heavy atom. The van der Waals surface area contributed by atoms with E-state index in [9.17, 15) is 9.00 Å². The smallest absolute Gasteiger partial charge is 0.337 e. The van der Waals surface area contributed by atoms with Crippen LogP contribution in [0, 0.1) is 0 Å². The summed E-state index contributed by atoms with van der Waals surface area (Å²) in [6, 6.07) is 4.11. The maximum absolute atomic E-state index is 11.1. The van der Waals surface area contributed by atoms with E-state index in [0.29, 0.717) is 0 Å². The van der Waals surface area contributed by atoms with E-state index in [4.69, 9.17) is 9.29 Å². The van der Waals surface area contributed by atoms with Gasteiger partial charge in [0, 0.05) is 0 Å². The van der Waals surface area contributed by atoms with Crippen molar-refractivity contribution in [2.75, 3.05) is 14.2 Å². The molecule has 82 valence electrons. The lowest BCUT2D eigenvalue weighted by Crippen LogP contribution is -2.03. The Hall–Kier alpha value is -1.40. The molecule has 0 saturated heterocycles. The van der Waals surface area contributed by atoms with Crippen LogP contribution in [0.25, 0.3) is 0 Å². The van der Waals surface area contributed by atoms with Gasteiger partial charge in [0.2, 0.25) is 0 Å². The molecule has 15 heavy (non-hydrogen) atoms. The minimum Gasteiger partial charge on any atom is -0.495 e. The Morgan fingerprint density at radius 2 is 2.07 bits per heavy atom. The molecular formula is C9H10O5S. The zero-order chi connectivity index (χ0) is 11.4. The largest absolute Gasteiger partial charge is 0.495 e. The Balaban J connectivity index is 3.19. The summed E-state index contributed by atoms with van der Waals surface area (Å²) in [6.07, 6.45) is 0. The van der Waals surface area contributed by atoms with Gasteiger partial charge in [-0.25, -0.2) is 9.00 Å². The number of esters is 1. The summed E-state index contributed by atoms with van der Waals surface area (Å²) in [5.74, 6) is -0.345. The second kappa shape index (κ2) is 4.90. The normalized spacial score (nSPS) is 11.9. The number of hydrogen-bond donors (Lipinski definition) is 1. The van der Waals surface area contributed by atoms with Crippen LogP contribution in [0.5, 0.6) is 5.75 Å². The van der Waals surface area contributed by atoms with Gasteiger partial charge in [0.1, 0.15) is 10.6 Å². The molecule has 6 heteroatoms. The third-order valence-corrected chi connectivity index (χ3v) is 2.49. The lowest BCUT2D eigenvalue weighted by atomic mass is 10.2. The van der Waals surface area contributed by atoms with Crippen molar-refractivity contribution in [1.82, 2.24) is 0 Å². The van der Waals surface area contributed by atoms with Crippen molar-refractivity contribution in [3.63, 3.8) is 0 Å². The number of methoxy groups -OCH3 is 2. The van der Waals surface area contributed by atoms with Gasteiger partial charge in [0.05, 0.1) is 19.8 Å². The highest BCUT2D eigenvalue weighted by atomic mass is 32.2. The number of carbonyl (C=O) groups excluding carboxylic acids is 1. The molecule has 0 saturated carbocycles. The van der Waals surface area contributed by atoms with Gasteiger partial charge in [0.25, 0.3) is 0 Å². The summed E-state index contributed by atoms with van der Waals surface area (Å²) < 4.78 is 29.1. The molecule has 0 amide bonds. The van der Waals surface area contributed by atoms with Gasteiger partial charge in [-0.1, -0.05) is 0 Å². The second-order valence-electron chi connectivity index (χ2n) is 2.61. The van der Waals surface area contributed by atoms with Gasteiger partial charge >= 0.3 is 5.97 Å². The van der Waals surface area contributed by atoms with Crippen LogP contribution in [0.3, 0.4) is 0 Å². The average molecular weight is 230 g/mol. The van der Waals surface area contributed by atoms with Gasteiger partial charge in [-0.15, -0.1) is 0 Å². The summed E-state index contributed by atoms with van der Waals surface area (Å²) in [4.78, 5) is 11.3. The molecule has 1 N–H and O–H groups in total. The molecule has 1 atom stereocenters. The van der Waals surface area contributed by atoms with E-state index < -0.39 is 17.0 Å². The fraction of sp³-hybridized carbons (Fsp3) is 0.222. The first-order chi connectivity index (χ1) is 7.10. The van der Waals surface area contributed by atoms with Crippen LogP contribution >= 0.6 is 0 Å². The maximum atomic E-state index is 11.1. The summed E-state index contributed by atoms with van der Waals surface area (Å²) in [5, 5.41) is 0. The van der Waals surface area contributed by atoms with Crippen LogP contribution in [-0.4, -0.2) is 29.0 Å². The standard InChI is InChI=1S/C9H10O5S/c1-13-7-5-6(9(10)14-2)3-4-8(7)15(11)12/h3-5H,1-2H3,(H,11,12). The predicted molar refractivity (Wildman–Crippen MR) is 53.4 cm³/mol. The molecule has 5 nitrogen and oxygen atoms in total. The lowest BCUT2D eigenvalue weighted by molar-refractivity contribution is 0.0600. The fourth-order valence-corrected chi connectivity index (χ4v) is 1.56. The Labute approximate surface area is 89.3 Å². The lowest BCUT2D eigenvalue weighted by Gasteiger charge is -2.06. The molecule has 0 spiro atoms. The third kappa shape index (κ3) is 2.54. The molecule has 0 aliphatic heterocycles. The van der Waals surface area contributed by atoms with Crippen LogP contribution in [0.1, 0.15) is 10.4 Å². The molecule has 0 radical (unpaired) electrons.